The number of hydrogen-bond acceptors (Lipinski definition) is 2. The number of rotatable bonds is 6. The number of aryl methyl sites for hydroxylation is 4. The van der Waals surface area contributed by atoms with E-state index in [0.29, 0.717) is 11.8 Å². The Balaban J connectivity index is 1.39. The first-order chi connectivity index (χ1) is 14.3. The van der Waals surface area contributed by atoms with E-state index in [1.165, 1.54) is 11.1 Å². The van der Waals surface area contributed by atoms with Crippen LogP contribution in [0.4, 0.5) is 0 Å². The Morgan fingerprint density at radius 2 is 1.03 bits per heavy atom. The lowest BCUT2D eigenvalue weighted by Crippen LogP contribution is -2.34. The maximum atomic E-state index is 12.4. The van der Waals surface area contributed by atoms with E-state index in [0.717, 1.165) is 61.0 Å². The van der Waals surface area contributed by atoms with Gasteiger partial charge in [-0.25, -0.2) is 0 Å². The van der Waals surface area contributed by atoms with Gasteiger partial charge in [-0.1, -0.05) is 12.1 Å². The summed E-state index contributed by atoms with van der Waals surface area (Å²) < 4.78 is 0. The van der Waals surface area contributed by atoms with E-state index in [4.69, 9.17) is 0 Å². The highest BCUT2D eigenvalue weighted by Gasteiger charge is 2.22. The van der Waals surface area contributed by atoms with Crippen LogP contribution < -0.4 is 10.6 Å². The van der Waals surface area contributed by atoms with Gasteiger partial charge >= 0.3 is 0 Å². The van der Waals surface area contributed by atoms with E-state index in [9.17, 15) is 9.59 Å². The van der Waals surface area contributed by atoms with Gasteiger partial charge in [0.15, 0.2) is 0 Å². The first-order valence-electron chi connectivity index (χ1n) is 11.0. The second kappa shape index (κ2) is 9.92. The van der Waals surface area contributed by atoms with Gasteiger partial charge in [-0.15, -0.1) is 0 Å². The summed E-state index contributed by atoms with van der Waals surface area (Å²) in [6, 6.07) is 11.7. The predicted octanol–water partition coefficient (Wildman–Crippen LogP) is 4.89. The van der Waals surface area contributed by atoms with Gasteiger partial charge in [0.05, 0.1) is 0 Å². The molecule has 0 unspecified atom stereocenters. The topological polar surface area (TPSA) is 58.2 Å². The van der Waals surface area contributed by atoms with Crippen molar-refractivity contribution in [1.29, 1.82) is 0 Å². The number of carbonyl (C=O) groups excluding carboxylic acids is 2. The summed E-state index contributed by atoms with van der Waals surface area (Å²) in [4.78, 5) is 24.8. The van der Waals surface area contributed by atoms with Gasteiger partial charge < -0.3 is 10.6 Å². The van der Waals surface area contributed by atoms with Gasteiger partial charge in [0.1, 0.15) is 0 Å². The third kappa shape index (κ3) is 5.71. The number of hydrogen-bond donors (Lipinski definition) is 2. The molecule has 0 aliphatic heterocycles. The summed E-state index contributed by atoms with van der Waals surface area (Å²) in [7, 11) is 0. The molecule has 3 rings (SSSR count). The van der Waals surface area contributed by atoms with E-state index >= 15 is 0 Å². The highest BCUT2D eigenvalue weighted by molar-refractivity contribution is 5.95. The molecule has 2 N–H and O–H groups in total. The molecule has 0 atom stereocenters. The molecular formula is C26H34N2O2. The zero-order valence-corrected chi connectivity index (χ0v) is 18.7. The summed E-state index contributed by atoms with van der Waals surface area (Å²) >= 11 is 0. The van der Waals surface area contributed by atoms with Crippen molar-refractivity contribution in [1.82, 2.24) is 10.6 Å². The minimum Gasteiger partial charge on any atom is -0.352 e. The molecular weight excluding hydrogens is 372 g/mol. The minimum atomic E-state index is 0.0147. The second-order valence-electron chi connectivity index (χ2n) is 8.90. The molecule has 1 aliphatic carbocycles. The van der Waals surface area contributed by atoms with Gasteiger partial charge in [0, 0.05) is 24.2 Å². The van der Waals surface area contributed by atoms with Crippen LogP contribution in [0.25, 0.3) is 0 Å². The van der Waals surface area contributed by atoms with E-state index in [-0.39, 0.29) is 11.8 Å². The number of nitrogens with one attached hydrogen (secondary N) is 2. The molecule has 1 aliphatic rings. The van der Waals surface area contributed by atoms with E-state index < -0.39 is 0 Å². The van der Waals surface area contributed by atoms with Crippen molar-refractivity contribution >= 4 is 11.8 Å². The Labute approximate surface area is 180 Å². The van der Waals surface area contributed by atoms with Crippen LogP contribution in [0.15, 0.2) is 36.4 Å². The third-order valence-electron chi connectivity index (χ3n) is 6.61. The van der Waals surface area contributed by atoms with E-state index in [1.807, 2.05) is 50.2 Å². The molecule has 0 radical (unpaired) electrons. The fraction of sp³-hybridized carbons (Fsp3) is 0.462. The molecule has 4 heteroatoms. The fourth-order valence-electron chi connectivity index (χ4n) is 4.08. The van der Waals surface area contributed by atoms with Crippen LogP contribution in [0.5, 0.6) is 0 Å². The molecule has 0 bridgehead atoms. The van der Waals surface area contributed by atoms with Crippen molar-refractivity contribution in [2.75, 3.05) is 13.1 Å². The summed E-state index contributed by atoms with van der Waals surface area (Å²) in [5.74, 6) is 1.07. The van der Waals surface area contributed by atoms with E-state index in [2.05, 4.69) is 24.5 Å². The molecule has 0 saturated heterocycles. The Hall–Kier alpha value is -2.62. The SMILES string of the molecule is Cc1ccc(C(=O)NCC2CCC(CNC(=O)c3ccc(C)c(C)c3)CC2)cc1C. The van der Waals surface area contributed by atoms with Crippen molar-refractivity contribution in [2.24, 2.45) is 11.8 Å². The van der Waals surface area contributed by atoms with Gasteiger partial charge in [-0.3, -0.25) is 9.59 Å². The van der Waals surface area contributed by atoms with Crippen LogP contribution >= 0.6 is 0 Å². The lowest BCUT2D eigenvalue weighted by atomic mass is 9.82. The fourth-order valence-corrected chi connectivity index (χ4v) is 4.08. The predicted molar refractivity (Wildman–Crippen MR) is 122 cm³/mol. The van der Waals surface area contributed by atoms with Crippen molar-refractivity contribution in [3.63, 3.8) is 0 Å². The third-order valence-corrected chi connectivity index (χ3v) is 6.61. The molecule has 0 heterocycles. The summed E-state index contributed by atoms with van der Waals surface area (Å²) in [5, 5.41) is 6.21. The molecule has 1 saturated carbocycles. The standard InChI is InChI=1S/C26H34N2O2/c1-17-5-11-23(13-19(17)3)25(29)27-15-21-7-9-22(10-8-21)16-28-26(30)24-12-6-18(2)20(4)14-24/h5-6,11-14,21-22H,7-10,15-16H2,1-4H3,(H,27,29)(H,28,30). The first kappa shape index (κ1) is 22.1. The van der Waals surface area contributed by atoms with Crippen molar-refractivity contribution in [2.45, 2.75) is 53.4 Å². The normalized spacial score (nSPS) is 18.7. The molecule has 30 heavy (non-hydrogen) atoms. The van der Waals surface area contributed by atoms with Gasteiger partial charge in [0.25, 0.3) is 11.8 Å². The monoisotopic (exact) mass is 406 g/mol. The smallest absolute Gasteiger partial charge is 0.251 e. The van der Waals surface area contributed by atoms with Crippen molar-refractivity contribution in [3.05, 3.63) is 69.8 Å². The molecule has 2 aromatic carbocycles. The van der Waals surface area contributed by atoms with E-state index in [1.54, 1.807) is 0 Å². The maximum Gasteiger partial charge on any atom is 0.251 e. The van der Waals surface area contributed by atoms with Gasteiger partial charge in [-0.2, -0.15) is 0 Å². The highest BCUT2D eigenvalue weighted by Crippen LogP contribution is 2.28. The zero-order valence-electron chi connectivity index (χ0n) is 18.7. The quantitative estimate of drug-likeness (QED) is 0.718. The molecule has 1 fully saturated rings. The number of carbonyl (C=O) groups is 2. The summed E-state index contributed by atoms with van der Waals surface area (Å²) in [6.07, 6.45) is 4.38. The van der Waals surface area contributed by atoms with Crippen molar-refractivity contribution < 1.29 is 9.59 Å². The van der Waals surface area contributed by atoms with Gasteiger partial charge in [-0.05, 0) is 112 Å². The highest BCUT2D eigenvalue weighted by atomic mass is 16.2. The Bertz CT molecular complexity index is 836. The Morgan fingerprint density at radius 3 is 1.37 bits per heavy atom. The second-order valence-corrected chi connectivity index (χ2v) is 8.90. The molecule has 2 aromatic rings. The molecule has 160 valence electrons. The summed E-state index contributed by atoms with van der Waals surface area (Å²) in [6.45, 7) is 9.64. The minimum absolute atomic E-state index is 0.0147. The molecule has 0 aromatic heterocycles. The van der Waals surface area contributed by atoms with Crippen LogP contribution in [0.3, 0.4) is 0 Å². The van der Waals surface area contributed by atoms with Crippen LogP contribution in [0, 0.1) is 39.5 Å². The number of benzene rings is 2. The summed E-state index contributed by atoms with van der Waals surface area (Å²) in [5.41, 5.74) is 6.17. The average Bonchev–Trinajstić information content (AvgIpc) is 2.74. The maximum absolute atomic E-state index is 12.4. The Morgan fingerprint density at radius 1 is 0.667 bits per heavy atom. The van der Waals surface area contributed by atoms with Crippen LogP contribution in [0.1, 0.15) is 68.7 Å². The first-order valence-corrected chi connectivity index (χ1v) is 11.0. The molecule has 2 amide bonds. The lowest BCUT2D eigenvalue weighted by molar-refractivity contribution is 0.0923. The average molecular weight is 407 g/mol. The van der Waals surface area contributed by atoms with Crippen LogP contribution in [0.2, 0.25) is 0 Å². The van der Waals surface area contributed by atoms with Gasteiger partial charge in [0.2, 0.25) is 0 Å². The number of amides is 2. The Kier molecular flexibility index (Phi) is 7.30. The lowest BCUT2D eigenvalue weighted by Gasteiger charge is -2.28. The van der Waals surface area contributed by atoms with Crippen LogP contribution in [-0.2, 0) is 0 Å². The largest absolute Gasteiger partial charge is 0.352 e. The molecule has 0 spiro atoms. The zero-order chi connectivity index (χ0) is 21.7. The van der Waals surface area contributed by atoms with Crippen molar-refractivity contribution in [3.8, 4) is 0 Å². The molecule has 4 nitrogen and oxygen atoms in total. The van der Waals surface area contributed by atoms with Crippen LogP contribution in [-0.4, -0.2) is 24.9 Å².